The average Bonchev–Trinajstić information content (AvgIpc) is 2.54. The number of carbonyl (C=O) groups is 1. The molecule has 128 valence electrons. The van der Waals surface area contributed by atoms with Gasteiger partial charge in [-0.1, -0.05) is 30.3 Å². The molecular formula is C16H25N3O3S. The summed E-state index contributed by atoms with van der Waals surface area (Å²) in [5, 5.41) is 0. The molecule has 1 heterocycles. The van der Waals surface area contributed by atoms with Crippen molar-refractivity contribution in [2.45, 2.75) is 13.0 Å². The summed E-state index contributed by atoms with van der Waals surface area (Å²) in [6.45, 7) is 4.07. The molecule has 1 atom stereocenters. The second-order valence-corrected chi connectivity index (χ2v) is 8.03. The second kappa shape index (κ2) is 7.42. The first-order valence-corrected chi connectivity index (χ1v) is 9.62. The van der Waals surface area contributed by atoms with Crippen molar-refractivity contribution in [1.29, 1.82) is 0 Å². The highest BCUT2D eigenvalue weighted by Gasteiger charge is 2.27. The molecule has 1 aliphatic rings. The van der Waals surface area contributed by atoms with E-state index in [9.17, 15) is 13.2 Å². The lowest BCUT2D eigenvalue weighted by Crippen LogP contribution is -2.52. The minimum Gasteiger partial charge on any atom is -0.339 e. The molecule has 0 N–H and O–H groups in total. The second-order valence-electron chi connectivity index (χ2n) is 6.04. The number of likely N-dealkylation sites (N-methyl/N-ethyl adjacent to an activating group) is 1. The maximum atomic E-state index is 12.4. The van der Waals surface area contributed by atoms with Crippen LogP contribution in [-0.2, 0) is 14.8 Å². The van der Waals surface area contributed by atoms with Crippen LogP contribution < -0.4 is 0 Å². The quantitative estimate of drug-likeness (QED) is 0.795. The van der Waals surface area contributed by atoms with Crippen molar-refractivity contribution in [3.8, 4) is 0 Å². The summed E-state index contributed by atoms with van der Waals surface area (Å²) in [4.78, 5) is 16.2. The molecule has 2 rings (SSSR count). The summed E-state index contributed by atoms with van der Waals surface area (Å²) in [5.41, 5.74) is 1.17. The Hall–Kier alpha value is -1.44. The Balaban J connectivity index is 1.88. The molecule has 1 fully saturated rings. The first-order valence-electron chi connectivity index (χ1n) is 7.77. The van der Waals surface area contributed by atoms with E-state index in [4.69, 9.17) is 0 Å². The normalized spacial score (nSPS) is 18.2. The largest absolute Gasteiger partial charge is 0.339 e. The highest BCUT2D eigenvalue weighted by Crippen LogP contribution is 2.18. The van der Waals surface area contributed by atoms with Crippen LogP contribution in [0.1, 0.15) is 18.5 Å². The summed E-state index contributed by atoms with van der Waals surface area (Å²) >= 11 is 0. The lowest BCUT2D eigenvalue weighted by Gasteiger charge is -2.35. The van der Waals surface area contributed by atoms with Gasteiger partial charge in [0.15, 0.2) is 0 Å². The molecule has 0 spiro atoms. The average molecular weight is 339 g/mol. The van der Waals surface area contributed by atoms with Crippen LogP contribution in [0.25, 0.3) is 0 Å². The van der Waals surface area contributed by atoms with Gasteiger partial charge in [-0.25, -0.2) is 8.42 Å². The van der Waals surface area contributed by atoms with Crippen molar-refractivity contribution < 1.29 is 13.2 Å². The number of sulfonamides is 1. The van der Waals surface area contributed by atoms with Crippen molar-refractivity contribution >= 4 is 15.9 Å². The molecule has 0 aliphatic carbocycles. The Morgan fingerprint density at radius 1 is 1.17 bits per heavy atom. The van der Waals surface area contributed by atoms with Crippen LogP contribution in [0.4, 0.5) is 0 Å². The van der Waals surface area contributed by atoms with Gasteiger partial charge in [0.1, 0.15) is 0 Å². The molecule has 1 aliphatic heterocycles. The van der Waals surface area contributed by atoms with E-state index in [1.807, 2.05) is 30.1 Å². The summed E-state index contributed by atoms with van der Waals surface area (Å²) in [6.07, 6.45) is 1.21. The highest BCUT2D eigenvalue weighted by molar-refractivity contribution is 7.88. The van der Waals surface area contributed by atoms with E-state index in [0.717, 1.165) is 0 Å². The predicted molar refractivity (Wildman–Crippen MR) is 90.5 cm³/mol. The van der Waals surface area contributed by atoms with Crippen LogP contribution in [0.2, 0.25) is 0 Å². The van der Waals surface area contributed by atoms with E-state index in [-0.39, 0.29) is 11.9 Å². The monoisotopic (exact) mass is 339 g/mol. The molecule has 7 heteroatoms. The number of piperazine rings is 1. The number of hydrogen-bond donors (Lipinski definition) is 0. The third-order valence-electron chi connectivity index (χ3n) is 4.39. The van der Waals surface area contributed by atoms with E-state index in [1.54, 1.807) is 4.90 Å². The van der Waals surface area contributed by atoms with E-state index in [0.29, 0.717) is 32.7 Å². The minimum atomic E-state index is -3.16. The van der Waals surface area contributed by atoms with Gasteiger partial charge in [-0.2, -0.15) is 4.31 Å². The van der Waals surface area contributed by atoms with Crippen molar-refractivity contribution in [3.05, 3.63) is 35.9 Å². The zero-order valence-electron chi connectivity index (χ0n) is 14.0. The van der Waals surface area contributed by atoms with Crippen LogP contribution >= 0.6 is 0 Å². The summed E-state index contributed by atoms with van der Waals surface area (Å²) in [6, 6.07) is 10.2. The first-order chi connectivity index (χ1) is 10.8. The molecule has 23 heavy (non-hydrogen) atoms. The van der Waals surface area contributed by atoms with E-state index < -0.39 is 10.0 Å². The smallest absolute Gasteiger partial charge is 0.236 e. The van der Waals surface area contributed by atoms with Crippen molar-refractivity contribution in [2.24, 2.45) is 0 Å². The van der Waals surface area contributed by atoms with Crippen LogP contribution in [0.3, 0.4) is 0 Å². The molecule has 1 saturated heterocycles. The standard InChI is InChI=1S/C16H25N3O3S/c1-14(15-7-5-4-6-8-15)17(2)13-16(20)18-9-11-19(12-10-18)23(3,21)22/h4-8,14H,9-13H2,1-3H3. The van der Waals surface area contributed by atoms with Gasteiger partial charge in [0.25, 0.3) is 0 Å². The topological polar surface area (TPSA) is 60.9 Å². The van der Waals surface area contributed by atoms with Crippen LogP contribution in [-0.4, -0.2) is 74.5 Å². The SMILES string of the molecule is CC(c1ccccc1)N(C)CC(=O)N1CCN(S(C)(=O)=O)CC1. The Morgan fingerprint density at radius 2 is 1.74 bits per heavy atom. The number of nitrogens with zero attached hydrogens (tertiary/aromatic N) is 3. The number of benzene rings is 1. The number of carbonyl (C=O) groups excluding carboxylic acids is 1. The number of rotatable bonds is 5. The minimum absolute atomic E-state index is 0.0448. The van der Waals surface area contributed by atoms with Gasteiger partial charge in [0.05, 0.1) is 12.8 Å². The Kier molecular flexibility index (Phi) is 5.78. The Bertz CT molecular complexity index is 625. The molecular weight excluding hydrogens is 314 g/mol. The van der Waals surface area contributed by atoms with Crippen molar-refractivity contribution in [1.82, 2.24) is 14.1 Å². The molecule has 0 saturated carbocycles. The van der Waals surface area contributed by atoms with Crippen LogP contribution in [0.5, 0.6) is 0 Å². The summed E-state index contributed by atoms with van der Waals surface area (Å²) in [5.74, 6) is 0.0448. The van der Waals surface area contributed by atoms with Gasteiger partial charge in [-0.3, -0.25) is 9.69 Å². The first kappa shape index (κ1) is 17.9. The van der Waals surface area contributed by atoms with Gasteiger partial charge in [0, 0.05) is 32.2 Å². The molecule has 6 nitrogen and oxygen atoms in total. The van der Waals surface area contributed by atoms with Crippen LogP contribution in [0, 0.1) is 0 Å². The van der Waals surface area contributed by atoms with E-state index in [1.165, 1.54) is 16.1 Å². The predicted octanol–water partition coefficient (Wildman–Crippen LogP) is 0.783. The lowest BCUT2D eigenvalue weighted by atomic mass is 10.1. The zero-order valence-corrected chi connectivity index (χ0v) is 14.8. The Labute approximate surface area is 138 Å². The third kappa shape index (κ3) is 4.76. The Morgan fingerprint density at radius 3 is 2.26 bits per heavy atom. The highest BCUT2D eigenvalue weighted by atomic mass is 32.2. The molecule has 1 aromatic carbocycles. The zero-order chi connectivity index (χ0) is 17.0. The molecule has 0 radical (unpaired) electrons. The molecule has 1 aromatic rings. The fourth-order valence-corrected chi connectivity index (χ4v) is 3.53. The van der Waals surface area contributed by atoms with E-state index in [2.05, 4.69) is 19.1 Å². The molecule has 1 amide bonds. The maximum Gasteiger partial charge on any atom is 0.236 e. The van der Waals surface area contributed by atoms with Crippen molar-refractivity contribution in [3.63, 3.8) is 0 Å². The van der Waals surface area contributed by atoms with Gasteiger partial charge in [0.2, 0.25) is 15.9 Å². The fraction of sp³-hybridized carbons (Fsp3) is 0.562. The summed E-state index contributed by atoms with van der Waals surface area (Å²) in [7, 11) is -1.23. The summed E-state index contributed by atoms with van der Waals surface area (Å²) < 4.78 is 24.4. The molecule has 0 aromatic heterocycles. The van der Waals surface area contributed by atoms with Crippen molar-refractivity contribution in [2.75, 3.05) is 46.0 Å². The molecule has 1 unspecified atom stereocenters. The number of hydrogen-bond acceptors (Lipinski definition) is 4. The van der Waals surface area contributed by atoms with Gasteiger partial charge in [-0.05, 0) is 19.5 Å². The van der Waals surface area contributed by atoms with Gasteiger partial charge < -0.3 is 4.90 Å². The van der Waals surface area contributed by atoms with E-state index >= 15 is 0 Å². The van der Waals surface area contributed by atoms with Gasteiger partial charge in [-0.15, -0.1) is 0 Å². The maximum absolute atomic E-state index is 12.4. The lowest BCUT2D eigenvalue weighted by molar-refractivity contribution is -0.133. The molecule has 0 bridgehead atoms. The third-order valence-corrected chi connectivity index (χ3v) is 5.69. The number of amides is 1. The van der Waals surface area contributed by atoms with Gasteiger partial charge >= 0.3 is 0 Å². The fourth-order valence-electron chi connectivity index (χ4n) is 2.71. The van der Waals surface area contributed by atoms with Crippen LogP contribution in [0.15, 0.2) is 30.3 Å².